The SMILES string of the molecule is Bc1ccc2[nH]cc(CC(=O)N[C@@H]3CCCC[C@H]3NC3CCCN(c4ccc([N+](=O)[O-])cc4)C3)c2c1. The molecule has 1 amide bonds. The van der Waals surface area contributed by atoms with Gasteiger partial charge in [-0.25, -0.2) is 0 Å². The number of H-pyrrole nitrogens is 1. The Morgan fingerprint density at radius 3 is 2.64 bits per heavy atom. The molecule has 2 heterocycles. The molecule has 0 spiro atoms. The van der Waals surface area contributed by atoms with Gasteiger partial charge in [-0.2, -0.15) is 0 Å². The molecule has 0 radical (unpaired) electrons. The number of nitro benzene ring substituents is 1. The lowest BCUT2D eigenvalue weighted by Gasteiger charge is -2.40. The second-order valence-corrected chi connectivity index (χ2v) is 10.3. The van der Waals surface area contributed by atoms with Crippen LogP contribution in [0.2, 0.25) is 0 Å². The number of nitrogens with zero attached hydrogens (tertiary/aromatic N) is 2. The van der Waals surface area contributed by atoms with E-state index >= 15 is 0 Å². The van der Waals surface area contributed by atoms with Gasteiger partial charge in [-0.1, -0.05) is 30.4 Å². The summed E-state index contributed by atoms with van der Waals surface area (Å²) in [5, 5.41) is 19.3. The lowest BCUT2D eigenvalue weighted by atomic mass is 9.88. The predicted octanol–water partition coefficient (Wildman–Crippen LogP) is 2.56. The molecule has 3 atom stereocenters. The maximum atomic E-state index is 13.0. The minimum absolute atomic E-state index is 0.0762. The summed E-state index contributed by atoms with van der Waals surface area (Å²) in [6, 6.07) is 13.8. The summed E-state index contributed by atoms with van der Waals surface area (Å²) in [5.41, 5.74) is 4.44. The largest absolute Gasteiger partial charge is 0.370 e. The third-order valence-electron chi connectivity index (χ3n) is 7.68. The molecule has 1 saturated heterocycles. The Bertz CT molecular complexity index is 1230. The quantitative estimate of drug-likeness (QED) is 0.270. The highest BCUT2D eigenvalue weighted by Crippen LogP contribution is 2.25. The number of fused-ring (bicyclic) bond motifs is 1. The summed E-state index contributed by atoms with van der Waals surface area (Å²) in [5.74, 6) is 0.0762. The van der Waals surface area contributed by atoms with Crippen LogP contribution in [0.1, 0.15) is 44.1 Å². The number of benzene rings is 2. The van der Waals surface area contributed by atoms with Gasteiger partial charge in [-0.3, -0.25) is 14.9 Å². The summed E-state index contributed by atoms with van der Waals surface area (Å²) < 4.78 is 0. The molecule has 1 saturated carbocycles. The van der Waals surface area contributed by atoms with Gasteiger partial charge in [0, 0.05) is 66.1 Å². The number of piperidine rings is 1. The van der Waals surface area contributed by atoms with Gasteiger partial charge in [0.2, 0.25) is 5.91 Å². The Morgan fingerprint density at radius 2 is 1.86 bits per heavy atom. The second-order valence-electron chi connectivity index (χ2n) is 10.3. The van der Waals surface area contributed by atoms with Gasteiger partial charge in [0.25, 0.3) is 5.69 Å². The molecule has 2 aromatic carbocycles. The highest BCUT2D eigenvalue weighted by Gasteiger charge is 2.30. The summed E-state index contributed by atoms with van der Waals surface area (Å²) in [4.78, 5) is 29.3. The molecule has 8 nitrogen and oxygen atoms in total. The third-order valence-corrected chi connectivity index (χ3v) is 7.68. The minimum Gasteiger partial charge on any atom is -0.370 e. The number of aromatic amines is 1. The van der Waals surface area contributed by atoms with Crippen molar-refractivity contribution < 1.29 is 9.72 Å². The van der Waals surface area contributed by atoms with Crippen LogP contribution in [-0.2, 0) is 11.2 Å². The number of non-ortho nitro benzene ring substituents is 1. The molecule has 3 N–H and O–H groups in total. The molecule has 2 fully saturated rings. The zero-order valence-corrected chi connectivity index (χ0v) is 20.8. The number of nitrogens with one attached hydrogen (secondary N) is 3. The van der Waals surface area contributed by atoms with Crippen LogP contribution in [0.4, 0.5) is 11.4 Å². The highest BCUT2D eigenvalue weighted by molar-refractivity contribution is 6.33. The normalized spacial score (nSPS) is 22.4. The Labute approximate surface area is 212 Å². The van der Waals surface area contributed by atoms with Crippen LogP contribution in [-0.4, -0.2) is 54.9 Å². The van der Waals surface area contributed by atoms with E-state index in [1.165, 1.54) is 11.9 Å². The van der Waals surface area contributed by atoms with Gasteiger partial charge < -0.3 is 20.5 Å². The first kappa shape index (κ1) is 24.4. The molecule has 9 heteroatoms. The molecule has 5 rings (SSSR count). The fraction of sp³-hybridized carbons (Fsp3) is 0.444. The molecule has 3 aromatic rings. The van der Waals surface area contributed by atoms with Crippen molar-refractivity contribution in [3.8, 4) is 0 Å². The molecule has 188 valence electrons. The highest BCUT2D eigenvalue weighted by atomic mass is 16.6. The Hall–Kier alpha value is -3.33. The number of aromatic nitrogens is 1. The lowest BCUT2D eigenvalue weighted by Crippen LogP contribution is -2.57. The van der Waals surface area contributed by atoms with Crippen molar-refractivity contribution in [1.82, 2.24) is 15.6 Å². The van der Waals surface area contributed by atoms with Crippen LogP contribution in [0.25, 0.3) is 10.9 Å². The first-order chi connectivity index (χ1) is 17.5. The van der Waals surface area contributed by atoms with E-state index in [0.717, 1.165) is 67.3 Å². The van der Waals surface area contributed by atoms with Gasteiger partial charge >= 0.3 is 0 Å². The van der Waals surface area contributed by atoms with E-state index in [4.69, 9.17) is 0 Å². The van der Waals surface area contributed by atoms with Crippen molar-refractivity contribution in [2.24, 2.45) is 0 Å². The van der Waals surface area contributed by atoms with Crippen molar-refractivity contribution in [3.63, 3.8) is 0 Å². The zero-order chi connectivity index (χ0) is 25.1. The van der Waals surface area contributed by atoms with Gasteiger partial charge in [0.05, 0.1) is 11.3 Å². The molecule has 1 aliphatic carbocycles. The van der Waals surface area contributed by atoms with Crippen LogP contribution in [0.3, 0.4) is 0 Å². The second kappa shape index (κ2) is 10.7. The van der Waals surface area contributed by atoms with Crippen molar-refractivity contribution in [2.75, 3.05) is 18.0 Å². The van der Waals surface area contributed by atoms with Gasteiger partial charge in [0.15, 0.2) is 0 Å². The number of nitro groups is 1. The Kier molecular flexibility index (Phi) is 7.27. The summed E-state index contributed by atoms with van der Waals surface area (Å²) >= 11 is 0. The molecular weight excluding hydrogens is 453 g/mol. The summed E-state index contributed by atoms with van der Waals surface area (Å²) in [6.45, 7) is 1.81. The number of hydrogen-bond acceptors (Lipinski definition) is 5. The van der Waals surface area contributed by atoms with Crippen LogP contribution < -0.4 is 21.0 Å². The van der Waals surface area contributed by atoms with Crippen LogP contribution in [0, 0.1) is 10.1 Å². The number of rotatable bonds is 7. The Morgan fingerprint density at radius 1 is 1.08 bits per heavy atom. The van der Waals surface area contributed by atoms with Gasteiger partial charge in [-0.15, -0.1) is 0 Å². The molecule has 0 bridgehead atoms. The zero-order valence-electron chi connectivity index (χ0n) is 20.8. The number of hydrogen-bond donors (Lipinski definition) is 3. The van der Waals surface area contributed by atoms with E-state index in [0.29, 0.717) is 12.5 Å². The predicted molar refractivity (Wildman–Crippen MR) is 146 cm³/mol. The third kappa shape index (κ3) is 5.56. The van der Waals surface area contributed by atoms with Crippen LogP contribution in [0.5, 0.6) is 0 Å². The lowest BCUT2D eigenvalue weighted by molar-refractivity contribution is -0.384. The van der Waals surface area contributed by atoms with Crippen LogP contribution >= 0.6 is 0 Å². The average Bonchev–Trinajstić information content (AvgIpc) is 3.27. The van der Waals surface area contributed by atoms with E-state index in [1.54, 1.807) is 12.1 Å². The standard InChI is InChI=1S/C27H34BN5O3/c28-19-7-12-24-23(15-19)18(16-29-24)14-27(34)31-26-6-2-1-5-25(26)30-20-4-3-13-32(17-20)21-8-10-22(11-9-21)33(35)36/h7-12,15-16,20,25-26,29-30H,1-6,13-14,17,28H2,(H,31,34)/t20?,25-,26-/m1/s1. The molecule has 1 unspecified atom stereocenters. The van der Waals surface area contributed by atoms with Crippen molar-refractivity contribution in [1.29, 1.82) is 0 Å². The van der Waals surface area contributed by atoms with E-state index < -0.39 is 0 Å². The molecule has 1 aliphatic heterocycles. The number of anilines is 1. The van der Waals surface area contributed by atoms with Gasteiger partial charge in [-0.05, 0) is 49.4 Å². The number of amides is 1. The first-order valence-electron chi connectivity index (χ1n) is 13.1. The summed E-state index contributed by atoms with van der Waals surface area (Å²) in [6.07, 6.45) is 8.85. The van der Waals surface area contributed by atoms with Gasteiger partial charge in [0.1, 0.15) is 7.85 Å². The maximum absolute atomic E-state index is 13.0. The van der Waals surface area contributed by atoms with E-state index in [-0.39, 0.29) is 28.6 Å². The topological polar surface area (TPSA) is 103 Å². The maximum Gasteiger partial charge on any atom is 0.269 e. The minimum atomic E-state index is -0.360. The first-order valence-corrected chi connectivity index (χ1v) is 13.1. The fourth-order valence-corrected chi connectivity index (χ4v) is 5.81. The fourth-order valence-electron chi connectivity index (χ4n) is 5.81. The van der Waals surface area contributed by atoms with Crippen molar-refractivity contribution in [3.05, 3.63) is 64.3 Å². The molecule has 1 aromatic heterocycles. The molecule has 2 aliphatic rings. The number of carbonyl (C=O) groups excluding carboxylic acids is 1. The Balaban J connectivity index is 1.19. The smallest absolute Gasteiger partial charge is 0.269 e. The monoisotopic (exact) mass is 487 g/mol. The number of carbonyl (C=O) groups is 1. The van der Waals surface area contributed by atoms with Crippen molar-refractivity contribution in [2.45, 2.75) is 63.1 Å². The molecule has 36 heavy (non-hydrogen) atoms. The van der Waals surface area contributed by atoms with Crippen molar-refractivity contribution >= 4 is 41.5 Å². The molecular formula is C27H34BN5O3. The van der Waals surface area contributed by atoms with E-state index in [2.05, 4.69) is 46.6 Å². The summed E-state index contributed by atoms with van der Waals surface area (Å²) in [7, 11) is 2.07. The van der Waals surface area contributed by atoms with Crippen LogP contribution in [0.15, 0.2) is 48.7 Å². The van der Waals surface area contributed by atoms with E-state index in [9.17, 15) is 14.9 Å². The van der Waals surface area contributed by atoms with E-state index in [1.807, 2.05) is 18.3 Å². The average molecular weight is 487 g/mol.